The summed E-state index contributed by atoms with van der Waals surface area (Å²) in [5, 5.41) is 10.1. The van der Waals surface area contributed by atoms with Gasteiger partial charge < -0.3 is 14.8 Å². The standard InChI is InChI=1S/C20H22N2O4S/c1-4-11(2)8-15-12(3)27-19-17(15)18(24)21-16(22-19)10-26-20(25)13-6-5-7-14(23)9-13/h5-7,9,11,23H,4,8,10H2,1-3H3,(H,21,22,24)/t11-/m1/s1. The first-order valence-corrected chi connectivity index (χ1v) is 9.68. The van der Waals surface area contributed by atoms with E-state index in [4.69, 9.17) is 4.74 Å². The van der Waals surface area contributed by atoms with Crippen LogP contribution in [0.4, 0.5) is 0 Å². The van der Waals surface area contributed by atoms with Crippen molar-refractivity contribution in [3.8, 4) is 5.75 Å². The maximum atomic E-state index is 12.6. The highest BCUT2D eigenvalue weighted by Crippen LogP contribution is 2.29. The zero-order valence-corrected chi connectivity index (χ0v) is 16.4. The number of ether oxygens (including phenoxy) is 1. The van der Waals surface area contributed by atoms with Gasteiger partial charge in [-0.3, -0.25) is 4.79 Å². The molecule has 0 fully saturated rings. The van der Waals surface area contributed by atoms with Crippen molar-refractivity contribution in [2.75, 3.05) is 0 Å². The molecule has 3 aromatic rings. The number of thiophene rings is 1. The Kier molecular flexibility index (Phi) is 5.60. The van der Waals surface area contributed by atoms with E-state index in [1.165, 1.54) is 23.5 Å². The molecule has 0 aliphatic rings. The summed E-state index contributed by atoms with van der Waals surface area (Å²) < 4.78 is 5.21. The van der Waals surface area contributed by atoms with Gasteiger partial charge in [0.1, 0.15) is 23.0 Å². The largest absolute Gasteiger partial charge is 0.508 e. The molecule has 0 bridgehead atoms. The minimum atomic E-state index is -0.589. The number of rotatable bonds is 6. The molecule has 2 heterocycles. The van der Waals surface area contributed by atoms with Crippen LogP contribution in [0.2, 0.25) is 0 Å². The SMILES string of the molecule is CC[C@@H](C)Cc1c(C)sc2nc(COC(=O)c3cccc(O)c3)[nH]c(=O)c12. The zero-order valence-electron chi connectivity index (χ0n) is 15.5. The third kappa shape index (κ3) is 4.19. The second-order valence-corrected chi connectivity index (χ2v) is 7.88. The molecule has 6 nitrogen and oxygen atoms in total. The lowest BCUT2D eigenvalue weighted by molar-refractivity contribution is 0.0462. The van der Waals surface area contributed by atoms with Crippen LogP contribution in [0.3, 0.4) is 0 Å². The number of hydrogen-bond donors (Lipinski definition) is 2. The Balaban J connectivity index is 1.82. The van der Waals surface area contributed by atoms with E-state index in [1.807, 2.05) is 6.92 Å². The van der Waals surface area contributed by atoms with Gasteiger partial charge in [-0.15, -0.1) is 11.3 Å². The molecule has 0 aliphatic heterocycles. The zero-order chi connectivity index (χ0) is 19.6. The smallest absolute Gasteiger partial charge is 0.338 e. The average Bonchev–Trinajstić information content (AvgIpc) is 2.95. The van der Waals surface area contributed by atoms with Gasteiger partial charge in [-0.2, -0.15) is 0 Å². The molecule has 0 saturated heterocycles. The normalized spacial score (nSPS) is 12.3. The molecule has 1 aromatic carbocycles. The minimum absolute atomic E-state index is 0.0136. The fourth-order valence-electron chi connectivity index (χ4n) is 2.88. The van der Waals surface area contributed by atoms with Gasteiger partial charge in [0.25, 0.3) is 5.56 Å². The molecule has 0 saturated carbocycles. The van der Waals surface area contributed by atoms with Crippen molar-refractivity contribution < 1.29 is 14.6 Å². The van der Waals surface area contributed by atoms with E-state index in [-0.39, 0.29) is 23.5 Å². The van der Waals surface area contributed by atoms with Gasteiger partial charge in [0, 0.05) is 4.88 Å². The summed E-state index contributed by atoms with van der Waals surface area (Å²) in [5.74, 6) is 0.190. The molecular formula is C20H22N2O4S. The summed E-state index contributed by atoms with van der Waals surface area (Å²) in [6.07, 6.45) is 1.89. The molecule has 0 unspecified atom stereocenters. The fourth-order valence-corrected chi connectivity index (χ4v) is 3.95. The van der Waals surface area contributed by atoms with Crippen LogP contribution in [-0.4, -0.2) is 21.0 Å². The van der Waals surface area contributed by atoms with Crippen molar-refractivity contribution in [1.29, 1.82) is 0 Å². The number of hydrogen-bond acceptors (Lipinski definition) is 6. The van der Waals surface area contributed by atoms with Crippen LogP contribution in [0.5, 0.6) is 5.75 Å². The maximum absolute atomic E-state index is 12.6. The van der Waals surface area contributed by atoms with Gasteiger partial charge in [-0.25, -0.2) is 9.78 Å². The van der Waals surface area contributed by atoms with Crippen LogP contribution in [0.25, 0.3) is 10.2 Å². The number of phenols is 1. The number of fused-ring (bicyclic) bond motifs is 1. The molecule has 142 valence electrons. The first kappa shape index (κ1) is 19.1. The van der Waals surface area contributed by atoms with Crippen molar-refractivity contribution in [2.45, 2.75) is 40.2 Å². The molecule has 0 radical (unpaired) electrons. The van der Waals surface area contributed by atoms with E-state index in [2.05, 4.69) is 23.8 Å². The van der Waals surface area contributed by atoms with Crippen LogP contribution in [0.15, 0.2) is 29.1 Å². The van der Waals surface area contributed by atoms with E-state index >= 15 is 0 Å². The van der Waals surface area contributed by atoms with E-state index in [9.17, 15) is 14.7 Å². The molecule has 3 rings (SSSR count). The van der Waals surface area contributed by atoms with Crippen molar-refractivity contribution in [2.24, 2.45) is 5.92 Å². The number of carbonyl (C=O) groups excluding carboxylic acids is 1. The lowest BCUT2D eigenvalue weighted by Gasteiger charge is -2.08. The van der Waals surface area contributed by atoms with Crippen molar-refractivity contribution >= 4 is 27.5 Å². The van der Waals surface area contributed by atoms with Gasteiger partial charge in [0.2, 0.25) is 0 Å². The molecule has 27 heavy (non-hydrogen) atoms. The number of phenolic OH excluding ortho intramolecular Hbond substituents is 1. The highest BCUT2D eigenvalue weighted by Gasteiger charge is 2.17. The number of benzene rings is 1. The molecule has 0 aliphatic carbocycles. The number of aromatic amines is 1. The molecule has 2 aromatic heterocycles. The van der Waals surface area contributed by atoms with Crippen LogP contribution >= 0.6 is 11.3 Å². The predicted octanol–water partition coefficient (Wildman–Crippen LogP) is 3.94. The van der Waals surface area contributed by atoms with E-state index in [0.717, 1.165) is 23.3 Å². The van der Waals surface area contributed by atoms with Crippen LogP contribution in [0, 0.1) is 12.8 Å². The van der Waals surface area contributed by atoms with Gasteiger partial charge in [-0.05, 0) is 43.0 Å². The summed E-state index contributed by atoms with van der Waals surface area (Å²) in [7, 11) is 0. The second-order valence-electron chi connectivity index (χ2n) is 6.67. The molecule has 1 atom stereocenters. The summed E-state index contributed by atoms with van der Waals surface area (Å²) >= 11 is 1.49. The fraction of sp³-hybridized carbons (Fsp3) is 0.350. The first-order chi connectivity index (χ1) is 12.9. The van der Waals surface area contributed by atoms with Gasteiger partial charge in [0.05, 0.1) is 10.9 Å². The second kappa shape index (κ2) is 7.92. The van der Waals surface area contributed by atoms with E-state index in [0.29, 0.717) is 22.0 Å². The number of H-pyrrole nitrogens is 1. The van der Waals surface area contributed by atoms with Gasteiger partial charge in [-0.1, -0.05) is 26.3 Å². The third-order valence-electron chi connectivity index (χ3n) is 4.58. The predicted molar refractivity (Wildman–Crippen MR) is 105 cm³/mol. The average molecular weight is 386 g/mol. The highest BCUT2D eigenvalue weighted by atomic mass is 32.1. The minimum Gasteiger partial charge on any atom is -0.508 e. The van der Waals surface area contributed by atoms with Crippen molar-refractivity contribution in [1.82, 2.24) is 9.97 Å². The molecule has 7 heteroatoms. The lowest BCUT2D eigenvalue weighted by atomic mass is 9.98. The Morgan fingerprint density at radius 1 is 1.41 bits per heavy atom. The first-order valence-electron chi connectivity index (χ1n) is 8.86. The Morgan fingerprint density at radius 3 is 2.89 bits per heavy atom. The number of aromatic hydroxyl groups is 1. The lowest BCUT2D eigenvalue weighted by Crippen LogP contribution is -2.15. The number of aryl methyl sites for hydroxylation is 1. The summed E-state index contributed by atoms with van der Waals surface area (Å²) in [5.41, 5.74) is 1.09. The van der Waals surface area contributed by atoms with E-state index in [1.54, 1.807) is 12.1 Å². The van der Waals surface area contributed by atoms with Crippen molar-refractivity contribution in [3.63, 3.8) is 0 Å². The Morgan fingerprint density at radius 2 is 2.19 bits per heavy atom. The molecule has 0 amide bonds. The maximum Gasteiger partial charge on any atom is 0.338 e. The topological polar surface area (TPSA) is 92.3 Å². The monoisotopic (exact) mass is 386 g/mol. The summed E-state index contributed by atoms with van der Waals surface area (Å²) in [6.45, 7) is 6.16. The van der Waals surface area contributed by atoms with Crippen LogP contribution < -0.4 is 5.56 Å². The quantitative estimate of drug-likeness (QED) is 0.626. The van der Waals surface area contributed by atoms with Gasteiger partial charge >= 0.3 is 5.97 Å². The number of aromatic nitrogens is 2. The number of carbonyl (C=O) groups is 1. The molecule has 0 spiro atoms. The molecular weight excluding hydrogens is 364 g/mol. The Bertz CT molecular complexity index is 1040. The summed E-state index contributed by atoms with van der Waals surface area (Å²) in [6, 6.07) is 5.90. The van der Waals surface area contributed by atoms with E-state index < -0.39 is 5.97 Å². The number of nitrogens with zero attached hydrogens (tertiary/aromatic N) is 1. The molecule has 2 N–H and O–H groups in total. The number of nitrogens with one attached hydrogen (secondary N) is 1. The van der Waals surface area contributed by atoms with Crippen LogP contribution in [-0.2, 0) is 17.8 Å². The third-order valence-corrected chi connectivity index (χ3v) is 5.62. The number of esters is 1. The summed E-state index contributed by atoms with van der Waals surface area (Å²) in [4.78, 5) is 33.6. The Labute approximate surface area is 160 Å². The van der Waals surface area contributed by atoms with Gasteiger partial charge in [0.15, 0.2) is 0 Å². The Hall–Kier alpha value is -2.67. The highest BCUT2D eigenvalue weighted by molar-refractivity contribution is 7.18. The van der Waals surface area contributed by atoms with Crippen molar-refractivity contribution in [3.05, 3.63) is 56.4 Å². The van der Waals surface area contributed by atoms with Crippen LogP contribution in [0.1, 0.15) is 46.9 Å².